The van der Waals surface area contributed by atoms with Crippen molar-refractivity contribution in [2.24, 2.45) is 0 Å². The smallest absolute Gasteiger partial charge is 0.179 e. The third kappa shape index (κ3) is 1200. The van der Waals surface area contributed by atoms with Crippen LogP contribution < -0.4 is 0 Å². The Morgan fingerprint density at radius 3 is 1.12 bits per heavy atom. The van der Waals surface area contributed by atoms with Gasteiger partial charge in [0.25, 0.3) is 0 Å². The van der Waals surface area contributed by atoms with Crippen molar-refractivity contribution in [3.8, 4) is 0 Å². The average Bonchev–Trinajstić information content (AvgIpc) is 1.27. The van der Waals surface area contributed by atoms with E-state index in [1.54, 1.807) is 0 Å². The lowest BCUT2D eigenvalue weighted by Gasteiger charge is -2.00. The summed E-state index contributed by atoms with van der Waals surface area (Å²) in [6.45, 7) is 10.2. The van der Waals surface area contributed by atoms with Crippen LogP contribution in [0, 0.1) is 0 Å². The highest BCUT2D eigenvalue weighted by Gasteiger charge is 2.03. The average molecular weight is 150 g/mol. The van der Waals surface area contributed by atoms with Gasteiger partial charge < -0.3 is 4.80 Å². The molecule has 0 radical (unpaired) electrons. The van der Waals surface area contributed by atoms with Crippen molar-refractivity contribution < 1.29 is 4.80 Å². The molecule has 1 N–H and O–H groups in total. The molecule has 0 saturated heterocycles. The van der Waals surface area contributed by atoms with E-state index in [0.717, 1.165) is 0 Å². The van der Waals surface area contributed by atoms with Gasteiger partial charge in [-0.1, -0.05) is 13.1 Å². The minimum absolute atomic E-state index is 0.417. The second-order valence-corrected chi connectivity index (χ2v) is 8.63. The highest BCUT2D eigenvalue weighted by atomic mass is 28.4. The van der Waals surface area contributed by atoms with E-state index in [9.17, 15) is 0 Å². The summed E-state index contributed by atoms with van der Waals surface area (Å²) < 4.78 is 0. The molecule has 0 aliphatic rings. The fourth-order valence-corrected chi connectivity index (χ4v) is 0. The molecule has 0 aromatic rings. The van der Waals surface area contributed by atoms with E-state index in [-0.39, 0.29) is 0 Å². The zero-order valence-electron chi connectivity index (χ0n) is 6.65. The van der Waals surface area contributed by atoms with Crippen LogP contribution in [0.2, 0.25) is 32.7 Å². The Morgan fingerprint density at radius 1 is 1.12 bits per heavy atom. The van der Waals surface area contributed by atoms with Crippen molar-refractivity contribution in [3.05, 3.63) is 0 Å². The number of hydrogen-bond acceptors (Lipinski definition) is 1. The predicted octanol–water partition coefficient (Wildman–Crippen LogP) is 1.06. The Morgan fingerprint density at radius 2 is 1.12 bits per heavy atom. The van der Waals surface area contributed by atoms with E-state index < -0.39 is 8.32 Å². The van der Waals surface area contributed by atoms with Crippen LogP contribution in [-0.4, -0.2) is 22.6 Å². The van der Waals surface area contributed by atoms with Crippen molar-refractivity contribution in [2.75, 3.05) is 0 Å². The van der Waals surface area contributed by atoms with Gasteiger partial charge in [0.05, 0.1) is 0 Å². The van der Waals surface area contributed by atoms with E-state index in [0.29, 0.717) is 9.52 Å². The van der Waals surface area contributed by atoms with Gasteiger partial charge in [0.1, 0.15) is 0 Å². The first-order valence-corrected chi connectivity index (χ1v) is 9.41. The fraction of sp³-hybridized carbons (Fsp3) is 1.00. The van der Waals surface area contributed by atoms with Gasteiger partial charge in [-0.3, -0.25) is 0 Å². The number of hydrogen-bond donors (Lipinski definition) is 1. The second kappa shape index (κ2) is 5.53. The summed E-state index contributed by atoms with van der Waals surface area (Å²) in [5.74, 6) is 0. The first-order chi connectivity index (χ1) is 3.41. The summed E-state index contributed by atoms with van der Waals surface area (Å²) in [5.41, 5.74) is 0. The molecule has 1 nitrogen and oxygen atoms in total. The Labute approximate surface area is 56.1 Å². The van der Waals surface area contributed by atoms with Gasteiger partial charge in [-0.05, 0) is 19.6 Å². The molecule has 0 rings (SSSR count). The predicted molar refractivity (Wildman–Crippen MR) is 45.8 cm³/mol. The van der Waals surface area contributed by atoms with Gasteiger partial charge in [-0.15, -0.1) is 0 Å². The molecule has 0 amide bonds. The lowest BCUT2D eigenvalue weighted by atomic mass is 11.8. The zero-order chi connectivity index (χ0) is 7.21. The highest BCUT2D eigenvalue weighted by molar-refractivity contribution is 6.68. The van der Waals surface area contributed by atoms with Gasteiger partial charge in [-0.25, -0.2) is 0 Å². The zero-order valence-corrected chi connectivity index (χ0v) is 9.07. The van der Waals surface area contributed by atoms with Crippen molar-refractivity contribution in [3.63, 3.8) is 0 Å². The minimum atomic E-state index is -1.61. The normalized spacial score (nSPS) is 9.75. The lowest BCUT2D eigenvalue weighted by Crippen LogP contribution is -2.17. The van der Waals surface area contributed by atoms with Crippen LogP contribution in [0.3, 0.4) is 0 Å². The third-order valence-corrected chi connectivity index (χ3v) is 0. The molecule has 0 atom stereocenters. The monoisotopic (exact) mass is 150 g/mol. The van der Waals surface area contributed by atoms with Crippen molar-refractivity contribution in [1.82, 2.24) is 0 Å². The Balaban J connectivity index is 0. The molecule has 0 aromatic heterocycles. The summed E-state index contributed by atoms with van der Waals surface area (Å²) in [7, 11) is -1.19. The maximum Gasteiger partial charge on any atom is 0.179 e. The van der Waals surface area contributed by atoms with Gasteiger partial charge in [0.2, 0.25) is 0 Å². The molecule has 0 aromatic carbocycles. The molecule has 0 bridgehead atoms. The number of rotatable bonds is 0. The minimum Gasteiger partial charge on any atom is -0.433 e. The van der Waals surface area contributed by atoms with Gasteiger partial charge in [0, 0.05) is 9.52 Å². The van der Waals surface area contributed by atoms with Gasteiger partial charge >= 0.3 is 0 Å². The summed E-state index contributed by atoms with van der Waals surface area (Å²) in [6, 6.07) is 0. The Hall–Kier alpha value is 0.394. The standard InChI is InChI=1S/C3H10OSi.C2H8Si/c1-5(2,3)4;1-3-2/h4H,1-3H3;3H2,1-2H3. The topological polar surface area (TPSA) is 20.2 Å². The Kier molecular flexibility index (Phi) is 7.76. The largest absolute Gasteiger partial charge is 0.433 e. The summed E-state index contributed by atoms with van der Waals surface area (Å²) in [4.78, 5) is 8.66. The van der Waals surface area contributed by atoms with E-state index in [1.807, 2.05) is 19.6 Å². The van der Waals surface area contributed by atoms with Crippen LogP contribution in [0.5, 0.6) is 0 Å². The van der Waals surface area contributed by atoms with Crippen LogP contribution in [0.25, 0.3) is 0 Å². The van der Waals surface area contributed by atoms with Crippen LogP contribution in [-0.2, 0) is 0 Å². The molecular weight excluding hydrogens is 132 g/mol. The quantitative estimate of drug-likeness (QED) is 0.512. The van der Waals surface area contributed by atoms with Crippen molar-refractivity contribution >= 4 is 17.8 Å². The van der Waals surface area contributed by atoms with Crippen LogP contribution in [0.15, 0.2) is 0 Å². The lowest BCUT2D eigenvalue weighted by molar-refractivity contribution is 0.561. The molecule has 3 heteroatoms. The molecule has 0 aliphatic carbocycles. The van der Waals surface area contributed by atoms with E-state index in [2.05, 4.69) is 13.1 Å². The maximum atomic E-state index is 8.66. The van der Waals surface area contributed by atoms with E-state index in [4.69, 9.17) is 4.80 Å². The Bertz CT molecular complexity index is 34.2. The SMILES string of the molecule is C[SiH2]C.C[Si](C)(C)O. The van der Waals surface area contributed by atoms with Crippen LogP contribution in [0.1, 0.15) is 0 Å². The molecule has 0 aliphatic heterocycles. The van der Waals surface area contributed by atoms with E-state index in [1.165, 1.54) is 0 Å². The summed E-state index contributed by atoms with van der Waals surface area (Å²) in [6.07, 6.45) is 0. The van der Waals surface area contributed by atoms with Crippen LogP contribution >= 0.6 is 0 Å². The fourth-order valence-electron chi connectivity index (χ4n) is 0. The van der Waals surface area contributed by atoms with Gasteiger partial charge in [-0.2, -0.15) is 0 Å². The van der Waals surface area contributed by atoms with Gasteiger partial charge in [0.15, 0.2) is 8.32 Å². The first-order valence-electron chi connectivity index (χ1n) is 3.14. The van der Waals surface area contributed by atoms with Crippen molar-refractivity contribution in [2.45, 2.75) is 32.7 Å². The molecule has 0 spiro atoms. The molecule has 8 heavy (non-hydrogen) atoms. The van der Waals surface area contributed by atoms with Crippen LogP contribution in [0.4, 0.5) is 0 Å². The molecular formula is C5H18OSi2. The molecule has 0 fully saturated rings. The molecule has 0 saturated carbocycles. The van der Waals surface area contributed by atoms with E-state index >= 15 is 0 Å². The van der Waals surface area contributed by atoms with Crippen molar-refractivity contribution in [1.29, 1.82) is 0 Å². The second-order valence-electron chi connectivity index (χ2n) is 2.88. The maximum absolute atomic E-state index is 8.66. The summed E-state index contributed by atoms with van der Waals surface area (Å²) in [5, 5.41) is 0. The first kappa shape index (κ1) is 11.2. The molecule has 0 heterocycles. The summed E-state index contributed by atoms with van der Waals surface area (Å²) >= 11 is 0. The molecule has 0 unspecified atom stereocenters. The third-order valence-electron chi connectivity index (χ3n) is 0. The highest BCUT2D eigenvalue weighted by Crippen LogP contribution is 1.88. The molecule has 52 valence electrons.